The molecule has 1 atom stereocenters. The number of aliphatic imine (C=N–C) groups is 1. The number of carbonyl (C=O) groups excluding carboxylic acids is 2. The number of benzene rings is 1. The van der Waals surface area contributed by atoms with E-state index < -0.39 is 27.9 Å². The minimum atomic E-state index is -4.21. The molecule has 1 amide bonds. The Morgan fingerprint density at radius 2 is 2.11 bits per heavy atom. The zero-order valence-corrected chi connectivity index (χ0v) is 21.1. The minimum Gasteiger partial charge on any atom is -0.464 e. The molecule has 198 valence electrons. The summed E-state index contributed by atoms with van der Waals surface area (Å²) in [4.78, 5) is 29.6. The normalized spacial score (nSPS) is 14.2. The van der Waals surface area contributed by atoms with Gasteiger partial charge in [0.05, 0.1) is 24.9 Å². The van der Waals surface area contributed by atoms with Crippen molar-refractivity contribution in [3.8, 4) is 0 Å². The van der Waals surface area contributed by atoms with Gasteiger partial charge in [0.2, 0.25) is 10.0 Å². The van der Waals surface area contributed by atoms with Crippen LogP contribution in [0.2, 0.25) is 0 Å². The average molecular weight is 533 g/mol. The highest BCUT2D eigenvalue weighted by Gasteiger charge is 2.31. The SMILES string of the molecule is Cc1noc(C)c1S(=O)(=O)NC(CNC(=O)c1ccc2cn[nH]c2c1)C(=O)OCCCNC1=NCCN1. The Morgan fingerprint density at radius 1 is 1.27 bits per heavy atom. The second-order valence-corrected chi connectivity index (χ2v) is 9.96. The number of hydrogen-bond donors (Lipinski definition) is 5. The molecule has 15 heteroatoms. The number of guanidine groups is 1. The molecule has 1 aliphatic rings. The van der Waals surface area contributed by atoms with Crippen molar-refractivity contribution in [3.63, 3.8) is 0 Å². The van der Waals surface area contributed by atoms with Gasteiger partial charge in [-0.1, -0.05) is 11.2 Å². The first-order chi connectivity index (χ1) is 17.7. The molecule has 0 aliphatic carbocycles. The summed E-state index contributed by atoms with van der Waals surface area (Å²) in [6.45, 7) is 4.58. The lowest BCUT2D eigenvalue weighted by molar-refractivity contribution is -0.145. The number of nitrogens with zero attached hydrogens (tertiary/aromatic N) is 3. The van der Waals surface area contributed by atoms with Gasteiger partial charge >= 0.3 is 5.97 Å². The molecule has 1 aromatic carbocycles. The number of sulfonamides is 1. The summed E-state index contributed by atoms with van der Waals surface area (Å²) in [5, 5.41) is 19.9. The van der Waals surface area contributed by atoms with Crippen molar-refractivity contribution in [1.29, 1.82) is 0 Å². The Hall–Kier alpha value is -3.98. The summed E-state index contributed by atoms with van der Waals surface area (Å²) in [5.74, 6) is -0.577. The molecular weight excluding hydrogens is 504 g/mol. The lowest BCUT2D eigenvalue weighted by Crippen LogP contribution is -2.49. The predicted molar refractivity (Wildman–Crippen MR) is 132 cm³/mol. The maximum Gasteiger partial charge on any atom is 0.326 e. The van der Waals surface area contributed by atoms with E-state index in [-0.39, 0.29) is 29.5 Å². The molecule has 1 aliphatic heterocycles. The predicted octanol–water partition coefficient (Wildman–Crippen LogP) is -0.273. The largest absolute Gasteiger partial charge is 0.464 e. The maximum absolute atomic E-state index is 13.0. The van der Waals surface area contributed by atoms with Crippen LogP contribution in [-0.2, 0) is 19.6 Å². The molecule has 0 fully saturated rings. The summed E-state index contributed by atoms with van der Waals surface area (Å²) in [6, 6.07) is 3.54. The van der Waals surface area contributed by atoms with Crippen LogP contribution >= 0.6 is 0 Å². The van der Waals surface area contributed by atoms with E-state index in [1.807, 2.05) is 0 Å². The number of esters is 1. The molecule has 5 N–H and O–H groups in total. The van der Waals surface area contributed by atoms with Crippen LogP contribution in [0.25, 0.3) is 10.9 Å². The van der Waals surface area contributed by atoms with Crippen molar-refractivity contribution in [3.05, 3.63) is 41.4 Å². The highest BCUT2D eigenvalue weighted by atomic mass is 32.2. The van der Waals surface area contributed by atoms with Crippen LogP contribution in [0.15, 0.2) is 38.8 Å². The minimum absolute atomic E-state index is 0.0348. The van der Waals surface area contributed by atoms with Crippen molar-refractivity contribution >= 4 is 38.8 Å². The molecule has 0 bridgehead atoms. The van der Waals surface area contributed by atoms with E-state index >= 15 is 0 Å². The van der Waals surface area contributed by atoms with E-state index in [1.54, 1.807) is 24.4 Å². The van der Waals surface area contributed by atoms with E-state index in [4.69, 9.17) is 9.26 Å². The van der Waals surface area contributed by atoms with Crippen LogP contribution in [0.1, 0.15) is 28.2 Å². The second-order valence-electron chi connectivity index (χ2n) is 8.31. The van der Waals surface area contributed by atoms with Crippen molar-refractivity contribution < 1.29 is 27.3 Å². The van der Waals surface area contributed by atoms with Crippen LogP contribution in [0.3, 0.4) is 0 Å². The average Bonchev–Trinajstić information content (AvgIpc) is 3.62. The van der Waals surface area contributed by atoms with Crippen LogP contribution < -0.4 is 20.7 Å². The van der Waals surface area contributed by atoms with E-state index in [2.05, 4.69) is 41.0 Å². The number of carbonyl (C=O) groups is 2. The van der Waals surface area contributed by atoms with Gasteiger partial charge in [-0.2, -0.15) is 9.82 Å². The number of ether oxygens (including phenoxy) is 1. The topological polar surface area (TPSA) is 193 Å². The smallest absolute Gasteiger partial charge is 0.326 e. The number of fused-ring (bicyclic) bond motifs is 1. The fourth-order valence-electron chi connectivity index (χ4n) is 3.72. The molecule has 0 spiro atoms. The van der Waals surface area contributed by atoms with E-state index in [9.17, 15) is 18.0 Å². The first kappa shape index (κ1) is 26.1. The number of H-pyrrole nitrogens is 1. The van der Waals surface area contributed by atoms with E-state index in [1.165, 1.54) is 13.8 Å². The highest BCUT2D eigenvalue weighted by Crippen LogP contribution is 2.19. The van der Waals surface area contributed by atoms with Gasteiger partial charge in [0.25, 0.3) is 5.91 Å². The number of rotatable bonds is 11. The Bertz CT molecular complexity index is 1390. The molecule has 0 radical (unpaired) electrons. The van der Waals surface area contributed by atoms with Crippen molar-refractivity contribution in [2.75, 3.05) is 32.8 Å². The van der Waals surface area contributed by atoms with E-state index in [0.29, 0.717) is 36.6 Å². The fourth-order valence-corrected chi connectivity index (χ4v) is 5.24. The number of aryl methyl sites for hydroxylation is 2. The molecule has 0 saturated heterocycles. The van der Waals surface area contributed by atoms with Crippen molar-refractivity contribution in [1.82, 2.24) is 36.0 Å². The number of aromatic amines is 1. The van der Waals surface area contributed by atoms with Crippen LogP contribution in [0, 0.1) is 13.8 Å². The first-order valence-corrected chi connectivity index (χ1v) is 13.1. The molecule has 37 heavy (non-hydrogen) atoms. The molecule has 3 aromatic rings. The molecule has 3 heterocycles. The quantitative estimate of drug-likeness (QED) is 0.162. The van der Waals surface area contributed by atoms with Crippen LogP contribution in [-0.4, -0.2) is 80.4 Å². The lowest BCUT2D eigenvalue weighted by atomic mass is 10.1. The van der Waals surface area contributed by atoms with Crippen LogP contribution in [0.5, 0.6) is 0 Å². The number of nitrogens with one attached hydrogen (secondary N) is 5. The zero-order chi connectivity index (χ0) is 26.4. The molecule has 14 nitrogen and oxygen atoms in total. The van der Waals surface area contributed by atoms with Crippen molar-refractivity contribution in [2.24, 2.45) is 4.99 Å². The van der Waals surface area contributed by atoms with Gasteiger partial charge in [-0.15, -0.1) is 0 Å². The lowest BCUT2D eigenvalue weighted by Gasteiger charge is -2.18. The van der Waals surface area contributed by atoms with Gasteiger partial charge in [0.1, 0.15) is 16.6 Å². The number of aromatic nitrogens is 3. The van der Waals surface area contributed by atoms with Gasteiger partial charge in [0.15, 0.2) is 11.7 Å². The Morgan fingerprint density at radius 3 is 2.84 bits per heavy atom. The molecule has 0 saturated carbocycles. The van der Waals surface area contributed by atoms with Gasteiger partial charge in [-0.05, 0) is 32.4 Å². The van der Waals surface area contributed by atoms with Gasteiger partial charge in [0, 0.05) is 30.6 Å². The Kier molecular flexibility index (Phi) is 8.03. The van der Waals surface area contributed by atoms with Gasteiger partial charge in [-0.3, -0.25) is 19.7 Å². The summed E-state index contributed by atoms with van der Waals surface area (Å²) in [7, 11) is -4.21. The standard InChI is InChI=1S/C22H28N8O6S/c1-13-19(14(2)36-29-13)37(33,34)30-18(21(32)35-9-3-6-23-22-24-7-8-25-22)12-26-20(31)15-4-5-16-11-27-28-17(16)10-15/h4-5,10-11,18,30H,3,6-9,12H2,1-2H3,(H,26,31)(H,27,28)(H2,23,24,25). The molecule has 4 rings (SSSR count). The summed E-state index contributed by atoms with van der Waals surface area (Å²) < 4.78 is 38.6. The summed E-state index contributed by atoms with van der Waals surface area (Å²) in [5.41, 5.74) is 1.12. The first-order valence-electron chi connectivity index (χ1n) is 11.6. The second kappa shape index (κ2) is 11.4. The van der Waals surface area contributed by atoms with E-state index in [0.717, 1.165) is 11.9 Å². The number of hydrogen-bond acceptors (Lipinski definition) is 11. The fraction of sp³-hybridized carbons (Fsp3) is 0.409. The monoisotopic (exact) mass is 532 g/mol. The van der Waals surface area contributed by atoms with Crippen LogP contribution in [0.4, 0.5) is 0 Å². The Balaban J connectivity index is 1.40. The van der Waals surface area contributed by atoms with Crippen molar-refractivity contribution in [2.45, 2.75) is 31.2 Å². The highest BCUT2D eigenvalue weighted by molar-refractivity contribution is 7.89. The van der Waals surface area contributed by atoms with Gasteiger partial charge < -0.3 is 25.2 Å². The summed E-state index contributed by atoms with van der Waals surface area (Å²) >= 11 is 0. The molecule has 1 unspecified atom stereocenters. The maximum atomic E-state index is 13.0. The zero-order valence-electron chi connectivity index (χ0n) is 20.3. The third kappa shape index (κ3) is 6.42. The van der Waals surface area contributed by atoms with Gasteiger partial charge in [-0.25, -0.2) is 8.42 Å². The molecular formula is C22H28N8O6S. The Labute approximate surface area is 212 Å². The molecule has 2 aromatic heterocycles. The third-order valence-corrected chi connectivity index (χ3v) is 7.24. The third-order valence-electron chi connectivity index (χ3n) is 5.52. The summed E-state index contributed by atoms with van der Waals surface area (Å²) in [6.07, 6.45) is 2.09. The number of amides is 1.